The van der Waals surface area contributed by atoms with E-state index in [0.717, 1.165) is 17.2 Å². The van der Waals surface area contributed by atoms with E-state index in [9.17, 15) is 8.42 Å². The van der Waals surface area contributed by atoms with Crippen molar-refractivity contribution in [2.45, 2.75) is 17.4 Å². The van der Waals surface area contributed by atoms with Gasteiger partial charge in [0.2, 0.25) is 10.0 Å². The maximum Gasteiger partial charge on any atom is 0.243 e. The fourth-order valence-corrected chi connectivity index (χ4v) is 4.00. The summed E-state index contributed by atoms with van der Waals surface area (Å²) < 4.78 is 26.5. The van der Waals surface area contributed by atoms with Crippen LogP contribution in [-0.4, -0.2) is 31.9 Å². The predicted octanol–water partition coefficient (Wildman–Crippen LogP) is 1.98. The third-order valence-corrected chi connectivity index (χ3v) is 5.41. The molecule has 2 N–H and O–H groups in total. The Morgan fingerprint density at radius 3 is 2.45 bits per heavy atom. The van der Waals surface area contributed by atoms with E-state index in [2.05, 4.69) is 0 Å². The number of sulfonamides is 1. The van der Waals surface area contributed by atoms with Crippen molar-refractivity contribution in [3.63, 3.8) is 0 Å². The van der Waals surface area contributed by atoms with E-state index in [1.807, 2.05) is 30.3 Å². The van der Waals surface area contributed by atoms with Crippen LogP contribution in [0.25, 0.3) is 10.8 Å². The number of hydrogen-bond acceptors (Lipinski definition) is 3. The van der Waals surface area contributed by atoms with E-state index >= 15 is 0 Å². The average Bonchev–Trinajstić information content (AvgIpc) is 2.85. The zero-order chi connectivity index (χ0) is 13.5. The highest BCUT2D eigenvalue weighted by Crippen LogP contribution is 2.24. The standard InChI is InChI=1S/C14H16N2O2S.ClH/c15-13-7-8-16(10-13)19(17,18)14-6-5-11-3-1-2-4-12(11)9-14;/h1-6,9,13H,7-8,10,15H2;1H/t13-;/m0./s1. The lowest BCUT2D eigenvalue weighted by Gasteiger charge is -2.16. The number of nitrogens with two attached hydrogens (primary N) is 1. The number of benzene rings is 2. The molecule has 108 valence electrons. The van der Waals surface area contributed by atoms with Crippen LogP contribution in [0.4, 0.5) is 0 Å². The smallest absolute Gasteiger partial charge is 0.243 e. The van der Waals surface area contributed by atoms with E-state index in [0.29, 0.717) is 18.0 Å². The second-order valence-corrected chi connectivity index (χ2v) is 6.86. The van der Waals surface area contributed by atoms with E-state index in [1.54, 1.807) is 12.1 Å². The molecule has 1 fully saturated rings. The third kappa shape index (κ3) is 2.67. The van der Waals surface area contributed by atoms with Gasteiger partial charge in [-0.3, -0.25) is 0 Å². The highest BCUT2D eigenvalue weighted by Gasteiger charge is 2.30. The van der Waals surface area contributed by atoms with Gasteiger partial charge in [0.25, 0.3) is 0 Å². The normalized spacial score (nSPS) is 19.9. The summed E-state index contributed by atoms with van der Waals surface area (Å²) in [5.74, 6) is 0. The summed E-state index contributed by atoms with van der Waals surface area (Å²) in [6.07, 6.45) is 0.729. The van der Waals surface area contributed by atoms with E-state index in [1.165, 1.54) is 4.31 Å². The Kier molecular flexibility index (Phi) is 4.34. The molecule has 3 rings (SSSR count). The molecule has 2 aromatic rings. The maximum absolute atomic E-state index is 12.5. The van der Waals surface area contributed by atoms with Gasteiger partial charge >= 0.3 is 0 Å². The molecule has 1 aliphatic heterocycles. The van der Waals surface area contributed by atoms with Crippen LogP contribution >= 0.6 is 12.4 Å². The molecule has 1 atom stereocenters. The van der Waals surface area contributed by atoms with Gasteiger partial charge in [0.1, 0.15) is 0 Å². The summed E-state index contributed by atoms with van der Waals surface area (Å²) in [4.78, 5) is 0.348. The Morgan fingerprint density at radius 2 is 1.80 bits per heavy atom. The third-order valence-electron chi connectivity index (χ3n) is 3.55. The maximum atomic E-state index is 12.5. The lowest BCUT2D eigenvalue weighted by Crippen LogP contribution is -2.31. The average molecular weight is 313 g/mol. The first-order valence-electron chi connectivity index (χ1n) is 6.32. The highest BCUT2D eigenvalue weighted by molar-refractivity contribution is 7.89. The SMILES string of the molecule is Cl.N[C@H]1CCN(S(=O)(=O)c2ccc3ccccc3c2)C1. The number of rotatable bonds is 2. The fraction of sp³-hybridized carbons (Fsp3) is 0.286. The molecule has 0 unspecified atom stereocenters. The first kappa shape index (κ1) is 15.3. The topological polar surface area (TPSA) is 63.4 Å². The first-order valence-corrected chi connectivity index (χ1v) is 7.76. The van der Waals surface area contributed by atoms with Gasteiger partial charge in [0.15, 0.2) is 0 Å². The summed E-state index contributed by atoms with van der Waals surface area (Å²) in [7, 11) is -3.41. The van der Waals surface area contributed by atoms with Crippen LogP contribution in [0.2, 0.25) is 0 Å². The van der Waals surface area contributed by atoms with Gasteiger partial charge in [-0.25, -0.2) is 8.42 Å². The zero-order valence-corrected chi connectivity index (χ0v) is 12.5. The Hall–Kier alpha value is -1.14. The van der Waals surface area contributed by atoms with Crippen LogP contribution < -0.4 is 5.73 Å². The van der Waals surface area contributed by atoms with Crippen LogP contribution in [0.1, 0.15) is 6.42 Å². The second-order valence-electron chi connectivity index (χ2n) is 4.92. The molecule has 0 bridgehead atoms. The van der Waals surface area contributed by atoms with Gasteiger partial charge in [0.05, 0.1) is 4.90 Å². The molecular weight excluding hydrogens is 296 g/mol. The van der Waals surface area contributed by atoms with Gasteiger partial charge in [0, 0.05) is 19.1 Å². The van der Waals surface area contributed by atoms with Crippen molar-refractivity contribution in [2.24, 2.45) is 5.73 Å². The fourth-order valence-electron chi connectivity index (χ4n) is 2.45. The van der Waals surface area contributed by atoms with Gasteiger partial charge in [-0.1, -0.05) is 30.3 Å². The summed E-state index contributed by atoms with van der Waals surface area (Å²) in [6.45, 7) is 0.922. The summed E-state index contributed by atoms with van der Waals surface area (Å²) in [5, 5.41) is 1.98. The molecule has 0 amide bonds. The summed E-state index contributed by atoms with van der Waals surface area (Å²) in [5.41, 5.74) is 5.78. The summed E-state index contributed by atoms with van der Waals surface area (Å²) in [6, 6.07) is 12.9. The lowest BCUT2D eigenvalue weighted by atomic mass is 10.1. The summed E-state index contributed by atoms with van der Waals surface area (Å²) >= 11 is 0. The van der Waals surface area contributed by atoms with Gasteiger partial charge in [-0.05, 0) is 29.3 Å². The molecule has 0 spiro atoms. The molecule has 0 saturated carbocycles. The first-order chi connectivity index (χ1) is 9.07. The van der Waals surface area contributed by atoms with E-state index in [-0.39, 0.29) is 18.4 Å². The second kappa shape index (κ2) is 5.69. The van der Waals surface area contributed by atoms with Gasteiger partial charge in [-0.2, -0.15) is 4.31 Å². The monoisotopic (exact) mass is 312 g/mol. The highest BCUT2D eigenvalue weighted by atomic mass is 35.5. The molecule has 20 heavy (non-hydrogen) atoms. The predicted molar refractivity (Wildman–Crippen MR) is 82.5 cm³/mol. The molecule has 4 nitrogen and oxygen atoms in total. The van der Waals surface area contributed by atoms with E-state index in [4.69, 9.17) is 5.73 Å². The number of fused-ring (bicyclic) bond motifs is 1. The van der Waals surface area contributed by atoms with Crippen molar-refractivity contribution in [1.29, 1.82) is 0 Å². The molecule has 0 aromatic heterocycles. The Bertz CT molecular complexity index is 718. The van der Waals surface area contributed by atoms with Crippen LogP contribution in [0, 0.1) is 0 Å². The minimum Gasteiger partial charge on any atom is -0.326 e. The quantitative estimate of drug-likeness (QED) is 0.922. The van der Waals surface area contributed by atoms with Crippen LogP contribution in [0.5, 0.6) is 0 Å². The van der Waals surface area contributed by atoms with Gasteiger partial charge in [-0.15, -0.1) is 12.4 Å². The molecular formula is C14H17ClN2O2S. The van der Waals surface area contributed by atoms with Crippen molar-refractivity contribution in [3.8, 4) is 0 Å². The molecule has 0 aliphatic carbocycles. The van der Waals surface area contributed by atoms with Crippen LogP contribution in [0.15, 0.2) is 47.4 Å². The zero-order valence-electron chi connectivity index (χ0n) is 10.9. The Morgan fingerprint density at radius 1 is 1.10 bits per heavy atom. The number of hydrogen-bond donors (Lipinski definition) is 1. The van der Waals surface area contributed by atoms with Crippen molar-refractivity contribution in [1.82, 2.24) is 4.31 Å². The van der Waals surface area contributed by atoms with Crippen LogP contribution in [0.3, 0.4) is 0 Å². The molecule has 1 heterocycles. The largest absolute Gasteiger partial charge is 0.326 e. The molecule has 1 saturated heterocycles. The lowest BCUT2D eigenvalue weighted by molar-refractivity contribution is 0.472. The van der Waals surface area contributed by atoms with Crippen molar-refractivity contribution >= 4 is 33.2 Å². The molecule has 1 aliphatic rings. The minimum absolute atomic E-state index is 0. The number of halogens is 1. The Labute approximate surface area is 125 Å². The van der Waals surface area contributed by atoms with Crippen molar-refractivity contribution < 1.29 is 8.42 Å². The van der Waals surface area contributed by atoms with E-state index < -0.39 is 10.0 Å². The number of nitrogens with zero attached hydrogens (tertiary/aromatic N) is 1. The van der Waals surface area contributed by atoms with Crippen LogP contribution in [-0.2, 0) is 10.0 Å². The Balaban J connectivity index is 0.00000147. The van der Waals surface area contributed by atoms with Crippen molar-refractivity contribution in [2.75, 3.05) is 13.1 Å². The minimum atomic E-state index is -3.41. The molecule has 6 heteroatoms. The van der Waals surface area contributed by atoms with Crippen molar-refractivity contribution in [3.05, 3.63) is 42.5 Å². The van der Waals surface area contributed by atoms with Gasteiger partial charge < -0.3 is 5.73 Å². The molecule has 0 radical (unpaired) electrons. The molecule has 2 aromatic carbocycles.